The molecule has 334 valence electrons. The Hall–Kier alpha value is -2.23. The molecule has 0 saturated heterocycles. The van der Waals surface area contributed by atoms with E-state index in [1.807, 2.05) is 21.1 Å². The van der Waals surface area contributed by atoms with Gasteiger partial charge in [-0.15, -0.1) is 0 Å². The summed E-state index contributed by atoms with van der Waals surface area (Å²) in [7, 11) is 5.91. The second kappa shape index (κ2) is 40.5. The lowest BCUT2D eigenvalue weighted by Crippen LogP contribution is -2.44. The van der Waals surface area contributed by atoms with Crippen LogP contribution in [0, 0.1) is 0 Å². The number of carboxylic acids is 1. The van der Waals surface area contributed by atoms with E-state index in [4.69, 9.17) is 18.9 Å². The van der Waals surface area contributed by atoms with E-state index in [9.17, 15) is 19.5 Å². The number of nitrogens with zero attached hydrogens (tertiary/aromatic N) is 1. The van der Waals surface area contributed by atoms with Crippen molar-refractivity contribution >= 4 is 17.9 Å². The molecule has 9 heteroatoms. The van der Waals surface area contributed by atoms with Gasteiger partial charge in [0.1, 0.15) is 13.2 Å². The molecule has 0 saturated carbocycles. The van der Waals surface area contributed by atoms with Crippen molar-refractivity contribution < 1.29 is 42.9 Å². The van der Waals surface area contributed by atoms with Crippen LogP contribution in [0.4, 0.5) is 0 Å². The van der Waals surface area contributed by atoms with Crippen LogP contribution >= 0.6 is 0 Å². The number of quaternary nitrogens is 1. The van der Waals surface area contributed by atoms with Gasteiger partial charge in [0.25, 0.3) is 0 Å². The summed E-state index contributed by atoms with van der Waals surface area (Å²) in [5.74, 6) is -2.28. The summed E-state index contributed by atoms with van der Waals surface area (Å²) in [6, 6.07) is 0. The van der Waals surface area contributed by atoms with E-state index >= 15 is 0 Å². The third kappa shape index (κ3) is 41.7. The first-order valence-electron chi connectivity index (χ1n) is 23.5. The molecule has 0 spiro atoms. The van der Waals surface area contributed by atoms with Crippen LogP contribution in [0.15, 0.2) is 24.3 Å². The normalized spacial score (nSPS) is 13.1. The maximum absolute atomic E-state index is 12.8. The Balaban J connectivity index is 4.41. The van der Waals surface area contributed by atoms with Crippen LogP contribution in [0.3, 0.4) is 0 Å². The number of ether oxygens (including phenoxy) is 4. The predicted molar refractivity (Wildman–Crippen MR) is 233 cm³/mol. The van der Waals surface area contributed by atoms with Crippen molar-refractivity contribution in [3.05, 3.63) is 24.3 Å². The summed E-state index contributed by atoms with van der Waals surface area (Å²) in [6.07, 6.45) is 40.5. The van der Waals surface area contributed by atoms with Gasteiger partial charge in [0.15, 0.2) is 12.4 Å². The smallest absolute Gasteiger partial charge is 0.306 e. The zero-order chi connectivity index (χ0) is 42.1. The second-order valence-corrected chi connectivity index (χ2v) is 17.1. The number of hydrogen-bond donors (Lipinski definition) is 0. The van der Waals surface area contributed by atoms with Crippen molar-refractivity contribution in [2.24, 2.45) is 0 Å². The lowest BCUT2D eigenvalue weighted by atomic mass is 10.0. The predicted octanol–water partition coefficient (Wildman–Crippen LogP) is 11.1. The monoisotopic (exact) mass is 808 g/mol. The molecule has 0 radical (unpaired) electrons. The molecule has 0 rings (SSSR count). The Bertz CT molecular complexity index is 991. The van der Waals surface area contributed by atoms with E-state index in [-0.39, 0.29) is 32.2 Å². The molecule has 0 fully saturated rings. The molecule has 0 aliphatic heterocycles. The molecule has 0 aromatic heterocycles. The molecule has 9 nitrogen and oxygen atoms in total. The van der Waals surface area contributed by atoms with Crippen LogP contribution in [-0.4, -0.2) is 82.3 Å². The number of esters is 2. The van der Waals surface area contributed by atoms with Crippen LogP contribution < -0.4 is 5.11 Å². The Morgan fingerprint density at radius 3 is 1.42 bits per heavy atom. The largest absolute Gasteiger partial charge is 0.545 e. The Morgan fingerprint density at radius 2 is 0.947 bits per heavy atom. The average Bonchev–Trinajstić information content (AvgIpc) is 3.17. The quantitative estimate of drug-likeness (QED) is 0.0197. The van der Waals surface area contributed by atoms with E-state index in [0.717, 1.165) is 51.4 Å². The molecule has 0 aromatic rings. The fraction of sp³-hybridized carbons (Fsp3) is 0.854. The van der Waals surface area contributed by atoms with Crippen LogP contribution in [0.1, 0.15) is 206 Å². The molecule has 0 aliphatic carbocycles. The van der Waals surface area contributed by atoms with Crippen LogP contribution in [0.25, 0.3) is 0 Å². The van der Waals surface area contributed by atoms with Crippen molar-refractivity contribution in [2.45, 2.75) is 219 Å². The minimum atomic E-state index is -1.62. The second-order valence-electron chi connectivity index (χ2n) is 17.1. The molecule has 2 atom stereocenters. The van der Waals surface area contributed by atoms with E-state index in [2.05, 4.69) is 38.2 Å². The van der Waals surface area contributed by atoms with Gasteiger partial charge in [-0.05, 0) is 44.9 Å². The van der Waals surface area contributed by atoms with Crippen molar-refractivity contribution in [3.63, 3.8) is 0 Å². The third-order valence-electron chi connectivity index (χ3n) is 10.2. The first-order valence-corrected chi connectivity index (χ1v) is 23.5. The van der Waals surface area contributed by atoms with E-state index in [0.29, 0.717) is 23.9 Å². The summed E-state index contributed by atoms with van der Waals surface area (Å²) in [6.45, 7) is 4.72. The van der Waals surface area contributed by atoms with E-state index in [1.54, 1.807) is 0 Å². The van der Waals surface area contributed by atoms with Crippen LogP contribution in [0.2, 0.25) is 0 Å². The molecule has 0 N–H and O–H groups in total. The lowest BCUT2D eigenvalue weighted by Gasteiger charge is -2.26. The number of carbonyl (C=O) groups is 3. The molecule has 0 aliphatic rings. The minimum absolute atomic E-state index is 0.148. The van der Waals surface area contributed by atoms with Crippen LogP contribution in [-0.2, 0) is 33.3 Å². The SMILES string of the molecule is CCCCC/C=C\C/C=C\CCCCCCCCCC(=O)OC(COC(=O)CCCCCCCCCCCCCCCCC)COC(OCC[N+](C)(C)C)C(=O)[O-]. The first-order chi connectivity index (χ1) is 27.6. The number of rotatable bonds is 43. The molecule has 0 aromatic carbocycles. The standard InChI is InChI=1S/C48H89NO8/c1-6-8-10-12-14-16-18-20-22-23-25-27-29-31-33-35-37-39-46(51)57-44(43-56-48(47(52)53)54-41-40-49(3,4)5)42-55-45(50)38-36-34-32-30-28-26-24-21-19-17-15-13-11-9-7-2/h14,16,20,22,44,48H,6-13,15,17-19,21,23-43H2,1-5H3/b16-14-,22-20-. The third-order valence-corrected chi connectivity index (χ3v) is 10.2. The van der Waals surface area contributed by atoms with Gasteiger partial charge in [0.2, 0.25) is 0 Å². The fourth-order valence-corrected chi connectivity index (χ4v) is 6.51. The highest BCUT2D eigenvalue weighted by Crippen LogP contribution is 2.15. The van der Waals surface area contributed by atoms with Gasteiger partial charge in [0.05, 0.1) is 40.3 Å². The van der Waals surface area contributed by atoms with Crippen molar-refractivity contribution in [1.82, 2.24) is 0 Å². The highest BCUT2D eigenvalue weighted by molar-refractivity contribution is 5.70. The Morgan fingerprint density at radius 1 is 0.526 bits per heavy atom. The maximum Gasteiger partial charge on any atom is 0.306 e. The molecule has 0 heterocycles. The highest BCUT2D eigenvalue weighted by Gasteiger charge is 2.21. The van der Waals surface area contributed by atoms with Crippen molar-refractivity contribution in [3.8, 4) is 0 Å². The highest BCUT2D eigenvalue weighted by atomic mass is 16.7. The zero-order valence-electron chi connectivity index (χ0n) is 37.7. The number of unbranched alkanes of at least 4 members (excludes halogenated alkanes) is 24. The number of aliphatic carboxylic acids is 1. The number of carbonyl (C=O) groups excluding carboxylic acids is 3. The number of hydrogen-bond acceptors (Lipinski definition) is 8. The Kier molecular flexibility index (Phi) is 39.0. The van der Waals surface area contributed by atoms with Gasteiger partial charge in [0, 0.05) is 12.8 Å². The number of carboxylic acid groups (broad SMARTS) is 1. The molecular weight excluding hydrogens is 719 g/mol. The summed E-state index contributed by atoms with van der Waals surface area (Å²) in [5, 5.41) is 11.7. The van der Waals surface area contributed by atoms with Gasteiger partial charge in [-0.2, -0.15) is 0 Å². The fourth-order valence-electron chi connectivity index (χ4n) is 6.51. The molecule has 0 bridgehead atoms. The van der Waals surface area contributed by atoms with Crippen molar-refractivity contribution in [2.75, 3.05) is 47.5 Å². The molecular formula is C48H89NO8. The summed E-state index contributed by atoms with van der Waals surface area (Å²) < 4.78 is 22.6. The van der Waals surface area contributed by atoms with Gasteiger partial charge in [-0.25, -0.2) is 0 Å². The topological polar surface area (TPSA) is 111 Å². The van der Waals surface area contributed by atoms with Crippen molar-refractivity contribution in [1.29, 1.82) is 0 Å². The van der Waals surface area contributed by atoms with Gasteiger partial charge in [-0.1, -0.05) is 173 Å². The number of likely N-dealkylation sites (N-methyl/N-ethyl adjacent to an activating group) is 1. The van der Waals surface area contributed by atoms with E-state index < -0.39 is 24.3 Å². The summed E-state index contributed by atoms with van der Waals surface area (Å²) >= 11 is 0. The Labute approximate surface area is 350 Å². The first kappa shape index (κ1) is 54.8. The molecule has 57 heavy (non-hydrogen) atoms. The summed E-state index contributed by atoms with van der Waals surface area (Å²) in [5.41, 5.74) is 0. The van der Waals surface area contributed by atoms with Gasteiger partial charge in [-0.3, -0.25) is 9.59 Å². The minimum Gasteiger partial charge on any atom is -0.545 e. The summed E-state index contributed by atoms with van der Waals surface area (Å²) in [4.78, 5) is 37.0. The van der Waals surface area contributed by atoms with E-state index in [1.165, 1.54) is 122 Å². The van der Waals surface area contributed by atoms with Gasteiger partial charge < -0.3 is 33.3 Å². The van der Waals surface area contributed by atoms with Crippen LogP contribution in [0.5, 0.6) is 0 Å². The van der Waals surface area contributed by atoms with Gasteiger partial charge >= 0.3 is 11.9 Å². The zero-order valence-corrected chi connectivity index (χ0v) is 37.7. The lowest BCUT2D eigenvalue weighted by molar-refractivity contribution is -0.870. The average molecular weight is 808 g/mol. The number of allylic oxidation sites excluding steroid dienone is 4. The molecule has 0 amide bonds. The molecule has 2 unspecified atom stereocenters. The maximum atomic E-state index is 12.8.